The molecular weight excluding hydrogens is 318 g/mol. The third-order valence-electron chi connectivity index (χ3n) is 3.72. The average molecular weight is 331 g/mol. The van der Waals surface area contributed by atoms with Crippen molar-refractivity contribution in [1.29, 1.82) is 0 Å². The van der Waals surface area contributed by atoms with Gasteiger partial charge in [-0.25, -0.2) is 4.98 Å². The van der Waals surface area contributed by atoms with E-state index in [1.54, 1.807) is 16.3 Å². The van der Waals surface area contributed by atoms with Crippen molar-refractivity contribution in [3.8, 4) is 28.2 Å². The van der Waals surface area contributed by atoms with E-state index in [-0.39, 0.29) is 5.56 Å². The van der Waals surface area contributed by atoms with Crippen LogP contribution in [0.25, 0.3) is 28.2 Å². The maximum Gasteiger partial charge on any atom is 0.264 e. The van der Waals surface area contributed by atoms with Crippen molar-refractivity contribution in [2.75, 3.05) is 0 Å². The molecule has 0 radical (unpaired) electrons. The summed E-state index contributed by atoms with van der Waals surface area (Å²) in [5, 5.41) is 1.88. The average Bonchev–Trinajstić information content (AvgIpc) is 3.18. The lowest BCUT2D eigenvalue weighted by atomic mass is 10.1. The molecule has 0 unspecified atom stereocenters. The number of para-hydroxylation sites is 1. The summed E-state index contributed by atoms with van der Waals surface area (Å²) in [6.07, 6.45) is 3.58. The summed E-state index contributed by atoms with van der Waals surface area (Å²) in [7, 11) is 0. The molecule has 5 heteroatoms. The minimum absolute atomic E-state index is 0.0909. The molecule has 24 heavy (non-hydrogen) atoms. The highest BCUT2D eigenvalue weighted by Crippen LogP contribution is 2.23. The molecule has 0 saturated heterocycles. The molecule has 0 saturated carbocycles. The van der Waals surface area contributed by atoms with E-state index in [0.717, 1.165) is 16.9 Å². The Balaban J connectivity index is 2.00. The van der Waals surface area contributed by atoms with Gasteiger partial charge in [-0.1, -0.05) is 24.3 Å². The Labute approximate surface area is 142 Å². The van der Waals surface area contributed by atoms with Crippen molar-refractivity contribution in [2.24, 2.45) is 0 Å². The van der Waals surface area contributed by atoms with Gasteiger partial charge in [0.2, 0.25) is 0 Å². The Kier molecular flexibility index (Phi) is 3.76. The molecule has 0 atom stereocenters. The lowest BCUT2D eigenvalue weighted by Gasteiger charge is -2.11. The summed E-state index contributed by atoms with van der Waals surface area (Å²) in [5.74, 6) is 0. The van der Waals surface area contributed by atoms with Crippen LogP contribution in [0.5, 0.6) is 0 Å². The topological polar surface area (TPSA) is 47.8 Å². The van der Waals surface area contributed by atoms with Gasteiger partial charge in [-0.3, -0.25) is 14.3 Å². The molecule has 116 valence electrons. The molecular formula is C19H13N3OS. The van der Waals surface area contributed by atoms with E-state index in [4.69, 9.17) is 0 Å². The van der Waals surface area contributed by atoms with Crippen LogP contribution in [-0.2, 0) is 0 Å². The first-order chi connectivity index (χ1) is 11.8. The third kappa shape index (κ3) is 2.66. The van der Waals surface area contributed by atoms with Gasteiger partial charge in [0, 0.05) is 29.0 Å². The molecule has 4 nitrogen and oxygen atoms in total. The number of nitrogens with zero attached hydrogens (tertiary/aromatic N) is 3. The molecule has 0 spiro atoms. The number of hydrogen-bond donors (Lipinski definition) is 0. The smallest absolute Gasteiger partial charge is 0.264 e. The zero-order valence-corrected chi connectivity index (χ0v) is 13.5. The summed E-state index contributed by atoms with van der Waals surface area (Å²) in [6.45, 7) is 0. The van der Waals surface area contributed by atoms with E-state index in [9.17, 15) is 4.79 Å². The summed E-state index contributed by atoms with van der Waals surface area (Å²) < 4.78 is 1.65. The zero-order valence-electron chi connectivity index (χ0n) is 12.7. The second-order valence-electron chi connectivity index (χ2n) is 5.24. The molecule has 0 aliphatic carbocycles. The molecule has 4 rings (SSSR count). The third-order valence-corrected chi connectivity index (χ3v) is 4.31. The van der Waals surface area contributed by atoms with Gasteiger partial charge < -0.3 is 0 Å². The molecule has 0 aliphatic rings. The van der Waals surface area contributed by atoms with Crippen LogP contribution in [0.1, 0.15) is 0 Å². The van der Waals surface area contributed by atoms with E-state index < -0.39 is 0 Å². The van der Waals surface area contributed by atoms with Crippen LogP contribution in [0.4, 0.5) is 0 Å². The summed E-state index contributed by atoms with van der Waals surface area (Å²) in [5.41, 5.74) is 5.41. The lowest BCUT2D eigenvalue weighted by Crippen LogP contribution is -2.20. The molecule has 0 fully saturated rings. The van der Waals surface area contributed by atoms with Crippen molar-refractivity contribution >= 4 is 11.3 Å². The molecule has 4 aromatic rings. The van der Waals surface area contributed by atoms with Gasteiger partial charge in [0.1, 0.15) is 0 Å². The Bertz CT molecular complexity index is 1010. The van der Waals surface area contributed by atoms with Crippen LogP contribution in [0.3, 0.4) is 0 Å². The monoisotopic (exact) mass is 331 g/mol. The van der Waals surface area contributed by atoms with Crippen molar-refractivity contribution < 1.29 is 0 Å². The molecule has 0 N–H and O–H groups in total. The van der Waals surface area contributed by atoms with Gasteiger partial charge in [0.05, 0.1) is 22.5 Å². The first-order valence-corrected chi connectivity index (χ1v) is 8.39. The number of aromatic nitrogens is 3. The van der Waals surface area contributed by atoms with Crippen molar-refractivity contribution in [3.05, 3.63) is 88.2 Å². The minimum atomic E-state index is -0.0909. The Morgan fingerprint density at radius 2 is 1.75 bits per heavy atom. The van der Waals surface area contributed by atoms with E-state index in [1.807, 2.05) is 66.2 Å². The van der Waals surface area contributed by atoms with Crippen LogP contribution in [0.15, 0.2) is 82.7 Å². The maximum atomic E-state index is 13.0. The SMILES string of the molecule is O=c1c(-c2cscn2)cc(-c2ccccn2)cn1-c1ccccc1. The molecule has 3 aromatic heterocycles. The van der Waals surface area contributed by atoms with Gasteiger partial charge in [0.15, 0.2) is 0 Å². The van der Waals surface area contributed by atoms with Crippen LogP contribution in [0, 0.1) is 0 Å². The molecule has 1 aromatic carbocycles. The van der Waals surface area contributed by atoms with E-state index in [0.29, 0.717) is 11.3 Å². The van der Waals surface area contributed by atoms with E-state index in [1.165, 1.54) is 11.3 Å². The first-order valence-electron chi connectivity index (χ1n) is 7.45. The highest BCUT2D eigenvalue weighted by molar-refractivity contribution is 7.07. The normalized spacial score (nSPS) is 10.7. The van der Waals surface area contributed by atoms with Gasteiger partial charge >= 0.3 is 0 Å². The van der Waals surface area contributed by atoms with Gasteiger partial charge in [-0.05, 0) is 30.3 Å². The number of rotatable bonds is 3. The second-order valence-corrected chi connectivity index (χ2v) is 5.96. The first kappa shape index (κ1) is 14.5. The Hall–Kier alpha value is -3.05. The Morgan fingerprint density at radius 1 is 0.917 bits per heavy atom. The molecule has 0 aliphatic heterocycles. The minimum Gasteiger partial charge on any atom is -0.283 e. The predicted octanol–water partition coefficient (Wildman–Crippen LogP) is 4.02. The molecule has 3 heterocycles. The molecule has 0 bridgehead atoms. The standard InChI is InChI=1S/C19H13N3OS/c23-19-16(18-12-24-13-21-18)10-14(17-8-4-5-9-20-17)11-22(19)15-6-2-1-3-7-15/h1-13H. The van der Waals surface area contributed by atoms with Crippen molar-refractivity contribution in [2.45, 2.75) is 0 Å². The number of pyridine rings is 2. The fraction of sp³-hybridized carbons (Fsp3) is 0. The highest BCUT2D eigenvalue weighted by atomic mass is 32.1. The maximum absolute atomic E-state index is 13.0. The van der Waals surface area contributed by atoms with Gasteiger partial charge in [-0.15, -0.1) is 11.3 Å². The van der Waals surface area contributed by atoms with Gasteiger partial charge in [-0.2, -0.15) is 0 Å². The predicted molar refractivity (Wildman–Crippen MR) is 96.4 cm³/mol. The number of thiazole rings is 1. The number of hydrogen-bond acceptors (Lipinski definition) is 4. The highest BCUT2D eigenvalue weighted by Gasteiger charge is 2.13. The summed E-state index contributed by atoms with van der Waals surface area (Å²) in [6, 6.07) is 17.2. The van der Waals surface area contributed by atoms with Crippen molar-refractivity contribution in [1.82, 2.24) is 14.5 Å². The summed E-state index contributed by atoms with van der Waals surface area (Å²) >= 11 is 1.47. The fourth-order valence-electron chi connectivity index (χ4n) is 2.57. The van der Waals surface area contributed by atoms with Crippen LogP contribution in [0.2, 0.25) is 0 Å². The van der Waals surface area contributed by atoms with E-state index in [2.05, 4.69) is 9.97 Å². The summed E-state index contributed by atoms with van der Waals surface area (Å²) in [4.78, 5) is 21.7. The van der Waals surface area contributed by atoms with Crippen LogP contribution >= 0.6 is 11.3 Å². The van der Waals surface area contributed by atoms with Crippen LogP contribution < -0.4 is 5.56 Å². The fourth-order valence-corrected chi connectivity index (χ4v) is 3.12. The number of benzene rings is 1. The van der Waals surface area contributed by atoms with Gasteiger partial charge in [0.25, 0.3) is 5.56 Å². The largest absolute Gasteiger partial charge is 0.283 e. The second kappa shape index (κ2) is 6.22. The van der Waals surface area contributed by atoms with Crippen molar-refractivity contribution in [3.63, 3.8) is 0 Å². The molecule has 0 amide bonds. The quantitative estimate of drug-likeness (QED) is 0.569. The van der Waals surface area contributed by atoms with E-state index >= 15 is 0 Å². The Morgan fingerprint density at radius 3 is 2.46 bits per heavy atom. The zero-order chi connectivity index (χ0) is 16.4. The lowest BCUT2D eigenvalue weighted by molar-refractivity contribution is 0.991. The van der Waals surface area contributed by atoms with Crippen LogP contribution in [-0.4, -0.2) is 14.5 Å².